The number of aromatic nitrogens is 1. The number of thiazole rings is 1. The van der Waals surface area contributed by atoms with Crippen molar-refractivity contribution >= 4 is 22.9 Å². The fraction of sp³-hybridized carbons (Fsp3) is 0.375. The molecule has 0 fully saturated rings. The molecule has 0 radical (unpaired) electrons. The van der Waals surface area contributed by atoms with Crippen molar-refractivity contribution in [3.05, 3.63) is 45.9 Å². The van der Waals surface area contributed by atoms with Crippen LogP contribution < -0.4 is 11.1 Å². The van der Waals surface area contributed by atoms with Crippen molar-refractivity contribution in [3.63, 3.8) is 0 Å². The molecule has 0 atom stereocenters. The Morgan fingerprint density at radius 2 is 1.95 bits per heavy atom. The summed E-state index contributed by atoms with van der Waals surface area (Å²) in [6.07, 6.45) is 2.21. The number of anilines is 1. The van der Waals surface area contributed by atoms with Crippen LogP contribution in [0.15, 0.2) is 30.5 Å². The van der Waals surface area contributed by atoms with E-state index >= 15 is 0 Å². The van der Waals surface area contributed by atoms with Gasteiger partial charge in [0.05, 0.1) is 18.0 Å². The lowest BCUT2D eigenvalue weighted by molar-refractivity contribution is -0.117. The van der Waals surface area contributed by atoms with Gasteiger partial charge in [0.15, 0.2) is 0 Å². The largest absolute Gasteiger partial charge is 0.380 e. The number of nitrogens with two attached hydrogens (primary N) is 1. The topological polar surface area (TPSA) is 68.0 Å². The second kappa shape index (κ2) is 6.26. The highest BCUT2D eigenvalue weighted by Crippen LogP contribution is 2.27. The zero-order chi connectivity index (χ0) is 15.5. The van der Waals surface area contributed by atoms with Crippen LogP contribution in [0.3, 0.4) is 0 Å². The van der Waals surface area contributed by atoms with Gasteiger partial charge in [0, 0.05) is 22.2 Å². The number of rotatable bonds is 5. The zero-order valence-electron chi connectivity index (χ0n) is 12.6. The summed E-state index contributed by atoms with van der Waals surface area (Å²) in [6.45, 7) is 7.25. The Morgan fingerprint density at radius 1 is 1.29 bits per heavy atom. The second-order valence-corrected chi connectivity index (χ2v) is 7.19. The van der Waals surface area contributed by atoms with Crippen molar-refractivity contribution in [2.45, 2.75) is 39.2 Å². The molecular formula is C16H21N3OS. The van der Waals surface area contributed by atoms with Crippen molar-refractivity contribution in [2.75, 3.05) is 5.32 Å². The van der Waals surface area contributed by atoms with Crippen molar-refractivity contribution in [3.8, 4) is 0 Å². The minimum absolute atomic E-state index is 0.0966. The van der Waals surface area contributed by atoms with Crippen LogP contribution in [0.2, 0.25) is 0 Å². The quantitative estimate of drug-likeness (QED) is 0.892. The molecule has 1 heterocycles. The zero-order valence-corrected chi connectivity index (χ0v) is 13.5. The first-order valence-electron chi connectivity index (χ1n) is 6.91. The monoisotopic (exact) mass is 303 g/mol. The third-order valence-electron chi connectivity index (χ3n) is 2.99. The third kappa shape index (κ3) is 4.56. The minimum atomic E-state index is -0.310. The SMILES string of the molecule is CC(C)(C)c1ncc(CNc2ccc(CC(N)=O)cc2)s1. The molecule has 0 aliphatic carbocycles. The van der Waals surface area contributed by atoms with E-state index in [0.717, 1.165) is 22.8 Å². The van der Waals surface area contributed by atoms with E-state index in [2.05, 4.69) is 31.1 Å². The summed E-state index contributed by atoms with van der Waals surface area (Å²) in [5, 5.41) is 4.51. The number of primary amides is 1. The van der Waals surface area contributed by atoms with Crippen molar-refractivity contribution < 1.29 is 4.79 Å². The van der Waals surface area contributed by atoms with Crippen LogP contribution >= 0.6 is 11.3 Å². The maximum Gasteiger partial charge on any atom is 0.221 e. The molecule has 2 rings (SSSR count). The summed E-state index contributed by atoms with van der Waals surface area (Å²) in [5.74, 6) is -0.310. The molecular weight excluding hydrogens is 282 g/mol. The lowest BCUT2D eigenvalue weighted by atomic mass is 9.98. The third-order valence-corrected chi connectivity index (χ3v) is 4.42. The molecule has 112 valence electrons. The van der Waals surface area contributed by atoms with Crippen LogP contribution in [0.1, 0.15) is 36.2 Å². The summed E-state index contributed by atoms with van der Waals surface area (Å²) in [4.78, 5) is 16.5. The first-order chi connectivity index (χ1) is 9.84. The van der Waals surface area contributed by atoms with E-state index in [4.69, 9.17) is 5.73 Å². The molecule has 1 aromatic carbocycles. The molecule has 0 aliphatic heterocycles. The van der Waals surface area contributed by atoms with E-state index in [-0.39, 0.29) is 17.7 Å². The average Bonchev–Trinajstić information content (AvgIpc) is 2.86. The Hall–Kier alpha value is -1.88. The maximum atomic E-state index is 10.8. The summed E-state index contributed by atoms with van der Waals surface area (Å²) in [7, 11) is 0. The first kappa shape index (κ1) is 15.5. The Labute approximate surface area is 129 Å². The molecule has 21 heavy (non-hydrogen) atoms. The predicted octanol–water partition coefficient (Wildman–Crippen LogP) is 3.08. The van der Waals surface area contributed by atoms with Crippen molar-refractivity contribution in [2.24, 2.45) is 5.73 Å². The van der Waals surface area contributed by atoms with Gasteiger partial charge in [-0.3, -0.25) is 4.79 Å². The molecule has 4 nitrogen and oxygen atoms in total. The fourth-order valence-electron chi connectivity index (χ4n) is 1.87. The fourth-order valence-corrected chi connectivity index (χ4v) is 2.78. The van der Waals surface area contributed by atoms with Gasteiger partial charge in [-0.25, -0.2) is 4.98 Å². The van der Waals surface area contributed by atoms with Crippen molar-refractivity contribution in [1.82, 2.24) is 4.98 Å². The molecule has 1 aromatic heterocycles. The molecule has 3 N–H and O–H groups in total. The summed E-state index contributed by atoms with van der Waals surface area (Å²) in [6, 6.07) is 7.76. The smallest absolute Gasteiger partial charge is 0.221 e. The van der Waals surface area contributed by atoms with Gasteiger partial charge in [-0.05, 0) is 17.7 Å². The van der Waals surface area contributed by atoms with Crippen LogP contribution in [-0.2, 0) is 23.2 Å². The molecule has 0 saturated heterocycles. The number of carbonyl (C=O) groups excluding carboxylic acids is 1. The van der Waals surface area contributed by atoms with Crippen LogP contribution in [0, 0.1) is 0 Å². The van der Waals surface area contributed by atoms with Crippen LogP contribution in [0.5, 0.6) is 0 Å². The first-order valence-corrected chi connectivity index (χ1v) is 7.72. The maximum absolute atomic E-state index is 10.8. The Balaban J connectivity index is 1.94. The van der Waals surface area contributed by atoms with E-state index < -0.39 is 0 Å². The Morgan fingerprint density at radius 3 is 2.48 bits per heavy atom. The second-order valence-electron chi connectivity index (χ2n) is 6.08. The molecule has 0 bridgehead atoms. The molecule has 0 spiro atoms. The number of hydrogen-bond acceptors (Lipinski definition) is 4. The molecule has 0 aliphatic rings. The molecule has 2 aromatic rings. The number of carbonyl (C=O) groups is 1. The Kier molecular flexibility index (Phi) is 4.63. The molecule has 1 amide bonds. The van der Waals surface area contributed by atoms with Gasteiger partial charge >= 0.3 is 0 Å². The standard InChI is InChI=1S/C16H21N3OS/c1-16(2,3)15-19-10-13(21-15)9-18-12-6-4-11(5-7-12)8-14(17)20/h4-7,10,18H,8-9H2,1-3H3,(H2,17,20). The van der Waals surface area contributed by atoms with E-state index in [1.165, 1.54) is 4.88 Å². The van der Waals surface area contributed by atoms with Gasteiger partial charge in [-0.15, -0.1) is 11.3 Å². The molecule has 0 saturated carbocycles. The lowest BCUT2D eigenvalue weighted by Gasteiger charge is -2.13. The van der Waals surface area contributed by atoms with Crippen LogP contribution in [0.4, 0.5) is 5.69 Å². The van der Waals surface area contributed by atoms with E-state index in [0.29, 0.717) is 0 Å². The normalized spacial score (nSPS) is 11.4. The van der Waals surface area contributed by atoms with E-state index in [9.17, 15) is 4.79 Å². The summed E-state index contributed by atoms with van der Waals surface area (Å²) < 4.78 is 0. The lowest BCUT2D eigenvalue weighted by Crippen LogP contribution is -2.13. The number of benzene rings is 1. The summed E-state index contributed by atoms with van der Waals surface area (Å²) in [5.41, 5.74) is 7.22. The average molecular weight is 303 g/mol. The molecule has 0 unspecified atom stereocenters. The molecule has 5 heteroatoms. The van der Waals surface area contributed by atoms with Gasteiger partial charge in [0.25, 0.3) is 0 Å². The van der Waals surface area contributed by atoms with E-state index in [1.807, 2.05) is 30.5 Å². The van der Waals surface area contributed by atoms with Crippen molar-refractivity contribution in [1.29, 1.82) is 0 Å². The van der Waals surface area contributed by atoms with Gasteiger partial charge in [-0.2, -0.15) is 0 Å². The van der Waals surface area contributed by atoms with Gasteiger partial charge in [0.1, 0.15) is 0 Å². The number of hydrogen-bond donors (Lipinski definition) is 2. The van der Waals surface area contributed by atoms with Gasteiger partial charge < -0.3 is 11.1 Å². The van der Waals surface area contributed by atoms with E-state index in [1.54, 1.807) is 11.3 Å². The van der Waals surface area contributed by atoms with Crippen LogP contribution in [0.25, 0.3) is 0 Å². The highest BCUT2D eigenvalue weighted by molar-refractivity contribution is 7.11. The Bertz CT molecular complexity index is 611. The van der Waals surface area contributed by atoms with Gasteiger partial charge in [0.2, 0.25) is 5.91 Å². The number of amides is 1. The highest BCUT2D eigenvalue weighted by Gasteiger charge is 2.17. The predicted molar refractivity (Wildman–Crippen MR) is 87.5 cm³/mol. The summed E-state index contributed by atoms with van der Waals surface area (Å²) >= 11 is 1.74. The highest BCUT2D eigenvalue weighted by atomic mass is 32.1. The number of nitrogens with zero attached hydrogens (tertiary/aromatic N) is 1. The minimum Gasteiger partial charge on any atom is -0.380 e. The number of nitrogens with one attached hydrogen (secondary N) is 1. The van der Waals surface area contributed by atoms with Gasteiger partial charge in [-0.1, -0.05) is 32.9 Å². The van der Waals surface area contributed by atoms with Crippen LogP contribution in [-0.4, -0.2) is 10.9 Å².